The molecule has 0 radical (unpaired) electrons. The standard InChI is InChI=1S/C14H22ClN/c1-5-10(2)14-11(3)9-16-8-6-7-13(15)12(14)4/h5,7,11,16H,6,8-9H2,1-4H3/b10-5-,13-7+,14-12-. The molecular weight excluding hydrogens is 218 g/mol. The second kappa shape index (κ2) is 6.27. The maximum Gasteiger partial charge on any atom is 0.0398 e. The van der Waals surface area contributed by atoms with Gasteiger partial charge in [0.1, 0.15) is 0 Å². The Morgan fingerprint density at radius 1 is 1.56 bits per heavy atom. The lowest BCUT2D eigenvalue weighted by Crippen LogP contribution is -2.23. The van der Waals surface area contributed by atoms with E-state index >= 15 is 0 Å². The Bertz CT molecular complexity index is 337. The highest BCUT2D eigenvalue weighted by Gasteiger charge is 2.15. The molecule has 1 nitrogen and oxygen atoms in total. The van der Waals surface area contributed by atoms with E-state index in [1.54, 1.807) is 0 Å². The van der Waals surface area contributed by atoms with Crippen LogP contribution in [0.3, 0.4) is 0 Å². The van der Waals surface area contributed by atoms with Crippen LogP contribution >= 0.6 is 11.6 Å². The highest BCUT2D eigenvalue weighted by molar-refractivity contribution is 6.32. The monoisotopic (exact) mass is 239 g/mol. The first-order chi connectivity index (χ1) is 7.57. The molecule has 0 bridgehead atoms. The number of nitrogens with one attached hydrogen (secondary N) is 1. The van der Waals surface area contributed by atoms with Crippen LogP contribution in [0.1, 0.15) is 34.1 Å². The quantitative estimate of drug-likeness (QED) is 0.729. The molecular formula is C14H22ClN. The molecule has 0 saturated carbocycles. The van der Waals surface area contributed by atoms with Crippen LogP contribution in [0.15, 0.2) is 33.9 Å². The zero-order valence-corrected chi connectivity index (χ0v) is 11.5. The molecule has 0 aromatic rings. The van der Waals surface area contributed by atoms with Crippen LogP contribution in [-0.2, 0) is 0 Å². The van der Waals surface area contributed by atoms with Crippen molar-refractivity contribution in [1.82, 2.24) is 5.32 Å². The molecule has 1 unspecified atom stereocenters. The van der Waals surface area contributed by atoms with Gasteiger partial charge in [-0.3, -0.25) is 0 Å². The fraction of sp³-hybridized carbons (Fsp3) is 0.571. The number of allylic oxidation sites excluding steroid dienone is 4. The SMILES string of the molecule is C\C=C(C)/C1=C(C)/C(Cl)=C\CCNCC1C. The van der Waals surface area contributed by atoms with Gasteiger partial charge in [-0.25, -0.2) is 0 Å². The second-order valence-electron chi connectivity index (χ2n) is 4.46. The molecule has 0 spiro atoms. The van der Waals surface area contributed by atoms with Gasteiger partial charge in [0.05, 0.1) is 0 Å². The summed E-state index contributed by atoms with van der Waals surface area (Å²) < 4.78 is 0. The molecule has 0 fully saturated rings. The lowest BCUT2D eigenvalue weighted by molar-refractivity contribution is 0.580. The van der Waals surface area contributed by atoms with E-state index in [0.29, 0.717) is 5.92 Å². The molecule has 1 rings (SSSR count). The average molecular weight is 240 g/mol. The van der Waals surface area contributed by atoms with E-state index in [1.165, 1.54) is 16.7 Å². The van der Waals surface area contributed by atoms with Gasteiger partial charge in [0, 0.05) is 11.6 Å². The fourth-order valence-electron chi connectivity index (χ4n) is 2.21. The van der Waals surface area contributed by atoms with Gasteiger partial charge in [0.2, 0.25) is 0 Å². The van der Waals surface area contributed by atoms with Crippen molar-refractivity contribution in [2.24, 2.45) is 5.92 Å². The van der Waals surface area contributed by atoms with E-state index in [-0.39, 0.29) is 0 Å². The van der Waals surface area contributed by atoms with Gasteiger partial charge in [-0.05, 0) is 50.8 Å². The minimum absolute atomic E-state index is 0.511. The smallest absolute Gasteiger partial charge is 0.0398 e. The van der Waals surface area contributed by atoms with Gasteiger partial charge in [-0.2, -0.15) is 0 Å². The minimum atomic E-state index is 0.511. The summed E-state index contributed by atoms with van der Waals surface area (Å²) in [6, 6.07) is 0. The molecule has 0 saturated heterocycles. The summed E-state index contributed by atoms with van der Waals surface area (Å²) in [5.74, 6) is 0.511. The predicted octanol–water partition coefficient (Wildman–Crippen LogP) is 4.02. The predicted molar refractivity (Wildman–Crippen MR) is 72.7 cm³/mol. The largest absolute Gasteiger partial charge is 0.316 e. The maximum atomic E-state index is 6.33. The zero-order chi connectivity index (χ0) is 12.1. The van der Waals surface area contributed by atoms with Crippen molar-refractivity contribution in [1.29, 1.82) is 0 Å². The molecule has 1 aliphatic rings. The third-order valence-electron chi connectivity index (χ3n) is 3.21. The Kier molecular flexibility index (Phi) is 5.30. The summed E-state index contributed by atoms with van der Waals surface area (Å²) in [7, 11) is 0. The summed E-state index contributed by atoms with van der Waals surface area (Å²) in [4.78, 5) is 0. The number of halogens is 1. The first-order valence-electron chi connectivity index (χ1n) is 5.98. The number of hydrogen-bond acceptors (Lipinski definition) is 1. The summed E-state index contributed by atoms with van der Waals surface area (Å²) in [6.45, 7) is 10.7. The van der Waals surface area contributed by atoms with Crippen LogP contribution < -0.4 is 5.32 Å². The summed E-state index contributed by atoms with van der Waals surface area (Å²) in [6.07, 6.45) is 5.29. The lowest BCUT2D eigenvalue weighted by Gasteiger charge is -2.19. The summed E-state index contributed by atoms with van der Waals surface area (Å²) >= 11 is 6.33. The molecule has 1 aliphatic heterocycles. The number of hydrogen-bond donors (Lipinski definition) is 1. The normalized spacial score (nSPS) is 32.4. The maximum absolute atomic E-state index is 6.33. The van der Waals surface area contributed by atoms with E-state index in [9.17, 15) is 0 Å². The molecule has 0 amide bonds. The highest BCUT2D eigenvalue weighted by Crippen LogP contribution is 2.29. The number of rotatable bonds is 1. The topological polar surface area (TPSA) is 12.0 Å². The summed E-state index contributed by atoms with van der Waals surface area (Å²) in [5.41, 5.74) is 3.95. The van der Waals surface area contributed by atoms with Crippen LogP contribution in [0.25, 0.3) is 0 Å². The van der Waals surface area contributed by atoms with Crippen molar-refractivity contribution in [2.75, 3.05) is 13.1 Å². The van der Waals surface area contributed by atoms with Gasteiger partial charge in [-0.15, -0.1) is 0 Å². The van der Waals surface area contributed by atoms with E-state index in [1.807, 2.05) is 0 Å². The third kappa shape index (κ3) is 3.23. The molecule has 0 aromatic heterocycles. The Labute approximate surface area is 104 Å². The van der Waals surface area contributed by atoms with Gasteiger partial charge >= 0.3 is 0 Å². The molecule has 16 heavy (non-hydrogen) atoms. The first-order valence-corrected chi connectivity index (χ1v) is 6.36. The molecule has 0 aliphatic carbocycles. The second-order valence-corrected chi connectivity index (χ2v) is 4.86. The minimum Gasteiger partial charge on any atom is -0.316 e. The Morgan fingerprint density at radius 3 is 2.88 bits per heavy atom. The molecule has 90 valence electrons. The molecule has 1 heterocycles. The van der Waals surface area contributed by atoms with Crippen LogP contribution in [-0.4, -0.2) is 13.1 Å². The summed E-state index contributed by atoms with van der Waals surface area (Å²) in [5, 5.41) is 4.37. The van der Waals surface area contributed by atoms with Crippen molar-refractivity contribution in [2.45, 2.75) is 34.1 Å². The van der Waals surface area contributed by atoms with E-state index in [4.69, 9.17) is 11.6 Å². The average Bonchev–Trinajstić information content (AvgIpc) is 2.32. The lowest BCUT2D eigenvalue weighted by atomic mass is 9.90. The molecule has 2 heteroatoms. The highest BCUT2D eigenvalue weighted by atomic mass is 35.5. The van der Waals surface area contributed by atoms with Crippen LogP contribution in [0.5, 0.6) is 0 Å². The van der Waals surface area contributed by atoms with E-state index in [2.05, 4.69) is 45.2 Å². The van der Waals surface area contributed by atoms with Crippen molar-refractivity contribution in [3.05, 3.63) is 33.9 Å². The molecule has 0 aromatic carbocycles. The van der Waals surface area contributed by atoms with Crippen LogP contribution in [0.2, 0.25) is 0 Å². The van der Waals surface area contributed by atoms with Crippen molar-refractivity contribution >= 4 is 11.6 Å². The van der Waals surface area contributed by atoms with Crippen molar-refractivity contribution < 1.29 is 0 Å². The Morgan fingerprint density at radius 2 is 2.25 bits per heavy atom. The van der Waals surface area contributed by atoms with Gasteiger partial charge < -0.3 is 5.32 Å². The van der Waals surface area contributed by atoms with E-state index < -0.39 is 0 Å². The van der Waals surface area contributed by atoms with Crippen LogP contribution in [0, 0.1) is 5.92 Å². The van der Waals surface area contributed by atoms with Crippen molar-refractivity contribution in [3.63, 3.8) is 0 Å². The zero-order valence-electron chi connectivity index (χ0n) is 10.7. The van der Waals surface area contributed by atoms with Gasteiger partial charge in [-0.1, -0.05) is 36.2 Å². The van der Waals surface area contributed by atoms with Gasteiger partial charge in [0.15, 0.2) is 0 Å². The third-order valence-corrected chi connectivity index (χ3v) is 3.65. The van der Waals surface area contributed by atoms with Crippen LogP contribution in [0.4, 0.5) is 0 Å². The Balaban J connectivity index is 3.18. The Hall–Kier alpha value is -0.530. The molecule has 1 atom stereocenters. The first kappa shape index (κ1) is 13.5. The fourth-order valence-corrected chi connectivity index (χ4v) is 2.42. The molecule has 1 N–H and O–H groups in total. The van der Waals surface area contributed by atoms with Crippen molar-refractivity contribution in [3.8, 4) is 0 Å². The van der Waals surface area contributed by atoms with E-state index in [0.717, 1.165) is 24.5 Å². The van der Waals surface area contributed by atoms with Gasteiger partial charge in [0.25, 0.3) is 0 Å².